The van der Waals surface area contributed by atoms with Gasteiger partial charge < -0.3 is 28.8 Å². The van der Waals surface area contributed by atoms with E-state index in [1.165, 1.54) is 0 Å². The number of rotatable bonds is 19. The number of allylic oxidation sites excluding steroid dienone is 1. The molecule has 3 aromatic rings. The van der Waals surface area contributed by atoms with Gasteiger partial charge in [-0.15, -0.1) is 0 Å². The molecule has 51 heavy (non-hydrogen) atoms. The Morgan fingerprint density at radius 3 is 2.33 bits per heavy atom. The van der Waals surface area contributed by atoms with E-state index >= 15 is 0 Å². The zero-order valence-corrected chi connectivity index (χ0v) is 28.9. The van der Waals surface area contributed by atoms with Gasteiger partial charge >= 0.3 is 12.1 Å². The lowest BCUT2D eigenvalue weighted by atomic mass is 9.94. The first-order valence-electron chi connectivity index (χ1n) is 16.6. The fourth-order valence-electron chi connectivity index (χ4n) is 5.51. The Hall–Kier alpha value is -5.01. The molecule has 3 aromatic carbocycles. The molecular formula is C39H43NO11. The average molecular weight is 702 g/mol. The van der Waals surface area contributed by atoms with Gasteiger partial charge in [-0.25, -0.2) is 9.69 Å². The van der Waals surface area contributed by atoms with E-state index < -0.39 is 53.9 Å². The molecule has 12 heteroatoms. The van der Waals surface area contributed by atoms with E-state index in [-0.39, 0.29) is 44.8 Å². The van der Waals surface area contributed by atoms with Gasteiger partial charge in [0.1, 0.15) is 18.8 Å². The number of carbonyl (C=O) groups excluding carboxylic acids is 5. The summed E-state index contributed by atoms with van der Waals surface area (Å²) in [5.41, 5.74) is 2.88. The number of carbonyl (C=O) groups is 5. The van der Waals surface area contributed by atoms with E-state index in [0.29, 0.717) is 17.7 Å². The Morgan fingerprint density at radius 1 is 0.980 bits per heavy atom. The first kappa shape index (κ1) is 38.8. The molecule has 1 fully saturated rings. The Morgan fingerprint density at radius 2 is 1.69 bits per heavy atom. The third-order valence-corrected chi connectivity index (χ3v) is 8.08. The molecule has 0 spiro atoms. The first-order valence-corrected chi connectivity index (χ1v) is 16.6. The molecule has 0 aromatic heterocycles. The Balaban J connectivity index is 1.49. The van der Waals surface area contributed by atoms with Gasteiger partial charge in [0.05, 0.1) is 19.8 Å². The van der Waals surface area contributed by atoms with Crippen LogP contribution in [0.25, 0.3) is 5.57 Å². The van der Waals surface area contributed by atoms with Crippen LogP contribution in [-0.2, 0) is 49.5 Å². The molecular weight excluding hydrogens is 658 g/mol. The van der Waals surface area contributed by atoms with E-state index in [0.717, 1.165) is 36.1 Å². The first-order chi connectivity index (χ1) is 24.6. The fraction of sp³-hybridized carbons (Fsp3) is 0.359. The average Bonchev–Trinajstić information content (AvgIpc) is 3.53. The van der Waals surface area contributed by atoms with Crippen molar-refractivity contribution in [3.63, 3.8) is 0 Å². The van der Waals surface area contributed by atoms with Crippen molar-refractivity contribution in [3.8, 4) is 0 Å². The molecule has 12 nitrogen and oxygen atoms in total. The van der Waals surface area contributed by atoms with Crippen LogP contribution in [0.2, 0.25) is 0 Å². The van der Waals surface area contributed by atoms with Gasteiger partial charge in [-0.3, -0.25) is 19.2 Å². The van der Waals surface area contributed by atoms with E-state index in [9.17, 15) is 29.1 Å². The number of hydrogen-bond donors (Lipinski definition) is 1. The molecule has 1 aliphatic heterocycles. The number of ether oxygens (including phenoxy) is 5. The summed E-state index contributed by atoms with van der Waals surface area (Å²) in [5.74, 6) is -3.12. The van der Waals surface area contributed by atoms with Gasteiger partial charge in [0.25, 0.3) is 5.91 Å². The van der Waals surface area contributed by atoms with Gasteiger partial charge in [0, 0.05) is 32.6 Å². The highest BCUT2D eigenvalue weighted by atomic mass is 16.6. The Kier molecular flexibility index (Phi) is 14.8. The highest BCUT2D eigenvalue weighted by Crippen LogP contribution is 2.30. The van der Waals surface area contributed by atoms with Crippen LogP contribution >= 0.6 is 0 Å². The predicted molar refractivity (Wildman–Crippen MR) is 185 cm³/mol. The minimum atomic E-state index is -1.83. The molecule has 1 N–H and O–H groups in total. The van der Waals surface area contributed by atoms with Crippen molar-refractivity contribution in [2.75, 3.05) is 33.5 Å². The van der Waals surface area contributed by atoms with E-state index in [2.05, 4.69) is 0 Å². The minimum Gasteiger partial charge on any atom is -0.451 e. The molecule has 4 atom stereocenters. The number of amides is 2. The van der Waals surface area contributed by atoms with Crippen molar-refractivity contribution >= 4 is 35.1 Å². The standard InChI is InChI=1S/C39H43NO11/c1-26-12-10-17-30(20-26)32(34(43)18-11-19-48-24-31(22-41)49-23-28-13-6-4-7-14-28)21-35(44)36(51-27(2)42)37(47-3)38(45)40-33(25-50-39(40)46)29-15-8-5-9-16-29/h4-10,12-17,20-21,31,33,36-37,41H,11,18-19,22-25H2,1-3H3/t31-,33+,36+,37-/m1/s1. The van der Waals surface area contributed by atoms with E-state index in [1.54, 1.807) is 48.5 Å². The Labute approximate surface area is 296 Å². The number of hydrogen-bond acceptors (Lipinski definition) is 11. The maximum absolute atomic E-state index is 13.9. The number of aliphatic hydroxyl groups is 1. The van der Waals surface area contributed by atoms with Crippen LogP contribution in [-0.4, -0.2) is 91.4 Å². The number of esters is 1. The summed E-state index contributed by atoms with van der Waals surface area (Å²) in [4.78, 5) is 67.2. The summed E-state index contributed by atoms with van der Waals surface area (Å²) in [5, 5.41) is 9.70. The Bertz CT molecular complexity index is 1670. The normalized spacial score (nSPS) is 16.2. The zero-order chi connectivity index (χ0) is 36.8. The summed E-state index contributed by atoms with van der Waals surface area (Å²) in [6.45, 7) is 3.14. The van der Waals surface area contributed by atoms with Crippen molar-refractivity contribution < 1.29 is 52.8 Å². The van der Waals surface area contributed by atoms with Gasteiger partial charge in [0.2, 0.25) is 0 Å². The molecule has 2 amide bonds. The van der Waals surface area contributed by atoms with Crippen LogP contribution in [0.1, 0.15) is 48.1 Å². The number of nitrogens with zero attached hydrogens (tertiary/aromatic N) is 1. The second-order valence-corrected chi connectivity index (χ2v) is 11.9. The highest BCUT2D eigenvalue weighted by Gasteiger charge is 2.46. The third kappa shape index (κ3) is 11.0. The maximum Gasteiger partial charge on any atom is 0.417 e. The lowest BCUT2D eigenvalue weighted by Crippen LogP contribution is -2.51. The molecule has 4 rings (SSSR count). The van der Waals surface area contributed by atoms with Crippen molar-refractivity contribution in [3.05, 3.63) is 113 Å². The van der Waals surface area contributed by atoms with Gasteiger partial charge in [0.15, 0.2) is 23.8 Å². The predicted octanol–water partition coefficient (Wildman–Crippen LogP) is 4.56. The van der Waals surface area contributed by atoms with Crippen molar-refractivity contribution in [2.45, 2.75) is 57.6 Å². The second kappa shape index (κ2) is 19.4. The highest BCUT2D eigenvalue weighted by molar-refractivity contribution is 6.25. The molecule has 270 valence electrons. The van der Waals surface area contributed by atoms with E-state index in [4.69, 9.17) is 23.7 Å². The number of Topliss-reactive ketones (excluding diaryl/α,β-unsaturated/α-hetero) is 1. The van der Waals surface area contributed by atoms with Crippen molar-refractivity contribution in [2.24, 2.45) is 0 Å². The quantitative estimate of drug-likeness (QED) is 0.106. The zero-order valence-electron chi connectivity index (χ0n) is 28.9. The largest absolute Gasteiger partial charge is 0.451 e. The topological polar surface area (TPSA) is 155 Å². The third-order valence-electron chi connectivity index (χ3n) is 8.08. The summed E-state index contributed by atoms with van der Waals surface area (Å²) < 4.78 is 27.3. The number of methoxy groups -OCH3 is 1. The number of aliphatic hydroxyl groups excluding tert-OH is 1. The lowest BCUT2D eigenvalue weighted by Gasteiger charge is -2.28. The second-order valence-electron chi connectivity index (χ2n) is 11.9. The summed E-state index contributed by atoms with van der Waals surface area (Å²) in [6.07, 6.45) is -3.73. The molecule has 1 saturated heterocycles. The van der Waals surface area contributed by atoms with Crippen molar-refractivity contribution in [1.82, 2.24) is 4.90 Å². The molecule has 0 saturated carbocycles. The number of cyclic esters (lactones) is 1. The minimum absolute atomic E-state index is 0.00897. The number of imide groups is 1. The summed E-state index contributed by atoms with van der Waals surface area (Å²) in [7, 11) is 1.15. The monoisotopic (exact) mass is 701 g/mol. The van der Waals surface area contributed by atoms with Crippen molar-refractivity contribution in [1.29, 1.82) is 0 Å². The summed E-state index contributed by atoms with van der Waals surface area (Å²) >= 11 is 0. The molecule has 1 aliphatic rings. The molecule has 1 heterocycles. The summed E-state index contributed by atoms with van der Waals surface area (Å²) in [6, 6.07) is 24.4. The smallest absolute Gasteiger partial charge is 0.417 e. The number of aryl methyl sites for hydroxylation is 1. The molecule has 0 bridgehead atoms. The number of ketones is 2. The van der Waals surface area contributed by atoms with E-state index in [1.807, 2.05) is 43.3 Å². The van der Waals surface area contributed by atoms with Crippen LogP contribution in [0.4, 0.5) is 4.79 Å². The molecule has 0 unspecified atom stereocenters. The SMILES string of the molecule is CO[C@@H](C(=O)N1C(=O)OC[C@H]1c1ccccc1)[C@@H](OC(C)=O)C(=O)C=C(C(=O)CCCOC[C@@H](CO)OCc1ccccc1)c1cccc(C)c1. The number of benzene rings is 3. The lowest BCUT2D eigenvalue weighted by molar-refractivity contribution is -0.166. The molecule has 0 aliphatic carbocycles. The van der Waals surface area contributed by atoms with Crippen LogP contribution in [0.3, 0.4) is 0 Å². The van der Waals surface area contributed by atoms with Crippen LogP contribution in [0.5, 0.6) is 0 Å². The van der Waals surface area contributed by atoms with Gasteiger partial charge in [-0.05, 0) is 36.1 Å². The van der Waals surface area contributed by atoms with Crippen LogP contribution in [0.15, 0.2) is 91.0 Å². The fourth-order valence-corrected chi connectivity index (χ4v) is 5.51. The maximum atomic E-state index is 13.9. The van der Waals surface area contributed by atoms with Gasteiger partial charge in [-0.1, -0.05) is 90.5 Å². The van der Waals surface area contributed by atoms with Crippen LogP contribution < -0.4 is 0 Å². The van der Waals surface area contributed by atoms with Crippen LogP contribution in [0, 0.1) is 6.92 Å². The molecule has 0 radical (unpaired) electrons. The van der Waals surface area contributed by atoms with Gasteiger partial charge in [-0.2, -0.15) is 0 Å².